The van der Waals surface area contributed by atoms with Crippen LogP contribution in [0.4, 0.5) is 17.1 Å². The first kappa shape index (κ1) is 24.5. The van der Waals surface area contributed by atoms with E-state index in [1.165, 1.54) is 37.9 Å². The number of benzene rings is 2. The summed E-state index contributed by atoms with van der Waals surface area (Å²) in [7, 11) is 1.71. The van der Waals surface area contributed by atoms with Crippen molar-refractivity contribution in [2.24, 2.45) is 0 Å². The number of anilines is 2. The topological polar surface area (TPSA) is 90.2 Å². The largest absolute Gasteiger partial charge is 0.372 e. The Morgan fingerprint density at radius 3 is 2.17 bits per heavy atom. The Kier molecular flexibility index (Phi) is 7.53. The summed E-state index contributed by atoms with van der Waals surface area (Å²) >= 11 is 0. The van der Waals surface area contributed by atoms with Gasteiger partial charge in [-0.05, 0) is 49.1 Å². The van der Waals surface area contributed by atoms with E-state index in [4.69, 9.17) is 0 Å². The third-order valence-corrected chi connectivity index (χ3v) is 6.91. The summed E-state index contributed by atoms with van der Waals surface area (Å²) in [6.07, 6.45) is 3.73. The molecule has 0 aromatic heterocycles. The number of hydrogen-bond acceptors (Lipinski definition) is 6. The molecule has 0 N–H and O–H groups in total. The van der Waals surface area contributed by atoms with Gasteiger partial charge in [0.05, 0.1) is 4.92 Å². The summed E-state index contributed by atoms with van der Waals surface area (Å²) < 4.78 is 0. The van der Waals surface area contributed by atoms with E-state index in [1.54, 1.807) is 29.0 Å². The molecule has 4 rings (SSSR count). The number of piperidine rings is 1. The molecule has 2 saturated heterocycles. The van der Waals surface area contributed by atoms with Crippen LogP contribution in [0.25, 0.3) is 0 Å². The lowest BCUT2D eigenvalue weighted by atomic mass is 10.1. The van der Waals surface area contributed by atoms with Crippen molar-refractivity contribution in [3.8, 4) is 0 Å². The highest BCUT2D eigenvalue weighted by Crippen LogP contribution is 2.31. The maximum Gasteiger partial charge on any atom is 0.293 e. The number of nitro groups is 1. The van der Waals surface area contributed by atoms with E-state index in [-0.39, 0.29) is 23.1 Å². The van der Waals surface area contributed by atoms with Crippen LogP contribution in [0.15, 0.2) is 42.5 Å². The van der Waals surface area contributed by atoms with Crippen LogP contribution in [-0.2, 0) is 11.3 Å². The van der Waals surface area contributed by atoms with Crippen LogP contribution in [0.5, 0.6) is 0 Å². The molecule has 2 aromatic rings. The monoisotopic (exact) mass is 479 g/mol. The van der Waals surface area contributed by atoms with Crippen molar-refractivity contribution >= 4 is 28.9 Å². The van der Waals surface area contributed by atoms with Crippen molar-refractivity contribution < 1.29 is 14.5 Å². The van der Waals surface area contributed by atoms with Gasteiger partial charge >= 0.3 is 0 Å². The van der Waals surface area contributed by atoms with Crippen molar-refractivity contribution in [3.05, 3.63) is 63.7 Å². The number of carbonyl (C=O) groups excluding carboxylic acids is 2. The normalized spacial score (nSPS) is 16.2. The maximum atomic E-state index is 13.1. The fourth-order valence-corrected chi connectivity index (χ4v) is 4.86. The van der Waals surface area contributed by atoms with E-state index in [0.29, 0.717) is 38.4 Å². The zero-order valence-corrected chi connectivity index (χ0v) is 20.5. The first-order chi connectivity index (χ1) is 16.8. The van der Waals surface area contributed by atoms with Crippen molar-refractivity contribution in [1.29, 1.82) is 0 Å². The highest BCUT2D eigenvalue weighted by Gasteiger charge is 2.26. The lowest BCUT2D eigenvalue weighted by Gasteiger charge is -2.35. The third kappa shape index (κ3) is 5.72. The molecule has 2 amide bonds. The van der Waals surface area contributed by atoms with Crippen LogP contribution in [0.1, 0.15) is 42.1 Å². The average Bonchev–Trinajstić information content (AvgIpc) is 2.89. The number of hydrogen-bond donors (Lipinski definition) is 0. The average molecular weight is 480 g/mol. The Morgan fingerprint density at radius 2 is 1.57 bits per heavy atom. The van der Waals surface area contributed by atoms with Crippen LogP contribution in [0.2, 0.25) is 0 Å². The molecule has 0 saturated carbocycles. The first-order valence-corrected chi connectivity index (χ1v) is 12.2. The zero-order valence-electron chi connectivity index (χ0n) is 20.5. The van der Waals surface area contributed by atoms with Gasteiger partial charge < -0.3 is 19.6 Å². The van der Waals surface area contributed by atoms with Crippen LogP contribution < -0.4 is 9.80 Å². The minimum atomic E-state index is -0.442. The Bertz CT molecular complexity index is 1070. The van der Waals surface area contributed by atoms with Gasteiger partial charge in [0.1, 0.15) is 5.69 Å². The lowest BCUT2D eigenvalue weighted by Crippen LogP contribution is -2.48. The number of carbonyl (C=O) groups is 2. The van der Waals surface area contributed by atoms with Gasteiger partial charge in [0, 0.05) is 77.1 Å². The van der Waals surface area contributed by atoms with Gasteiger partial charge in [0.15, 0.2) is 0 Å². The molecule has 2 heterocycles. The molecule has 2 aliphatic heterocycles. The quantitative estimate of drug-likeness (QED) is 0.465. The maximum absolute atomic E-state index is 13.1. The van der Waals surface area contributed by atoms with Crippen LogP contribution >= 0.6 is 0 Å². The molecule has 0 unspecified atom stereocenters. The summed E-state index contributed by atoms with van der Waals surface area (Å²) in [6.45, 7) is 6.18. The predicted molar refractivity (Wildman–Crippen MR) is 136 cm³/mol. The Hall–Kier alpha value is -3.62. The second kappa shape index (κ2) is 10.8. The smallest absolute Gasteiger partial charge is 0.293 e. The van der Waals surface area contributed by atoms with Gasteiger partial charge in [-0.3, -0.25) is 19.7 Å². The van der Waals surface area contributed by atoms with Crippen molar-refractivity contribution in [2.75, 3.05) is 56.1 Å². The molecule has 35 heavy (non-hydrogen) atoms. The van der Waals surface area contributed by atoms with E-state index >= 15 is 0 Å². The van der Waals surface area contributed by atoms with Gasteiger partial charge in [-0.15, -0.1) is 0 Å². The van der Waals surface area contributed by atoms with E-state index in [9.17, 15) is 19.7 Å². The fraction of sp³-hybridized carbons (Fsp3) is 0.462. The van der Waals surface area contributed by atoms with Crippen molar-refractivity contribution in [2.45, 2.75) is 32.7 Å². The van der Waals surface area contributed by atoms with Crippen molar-refractivity contribution in [3.63, 3.8) is 0 Å². The van der Waals surface area contributed by atoms with Gasteiger partial charge in [0.2, 0.25) is 5.91 Å². The summed E-state index contributed by atoms with van der Waals surface area (Å²) in [4.78, 5) is 43.6. The summed E-state index contributed by atoms with van der Waals surface area (Å²) in [5.41, 5.74) is 2.89. The van der Waals surface area contributed by atoms with Gasteiger partial charge in [-0.1, -0.05) is 12.1 Å². The summed E-state index contributed by atoms with van der Waals surface area (Å²) in [5, 5.41) is 11.8. The van der Waals surface area contributed by atoms with Crippen LogP contribution in [0.3, 0.4) is 0 Å². The predicted octanol–water partition coefficient (Wildman–Crippen LogP) is 3.53. The molecule has 0 spiro atoms. The van der Waals surface area contributed by atoms with Crippen molar-refractivity contribution in [1.82, 2.24) is 9.80 Å². The van der Waals surface area contributed by atoms with Crippen LogP contribution in [0, 0.1) is 10.1 Å². The lowest BCUT2D eigenvalue weighted by molar-refractivity contribution is -0.384. The number of amides is 2. The Labute approximate surface area is 206 Å². The molecule has 0 bridgehead atoms. The minimum Gasteiger partial charge on any atom is -0.372 e. The SMILES string of the molecule is CC(=O)N1CCN(c2ccc(C(=O)N(C)Cc3ccc(N4CCCCC4)cc3)cc2[N+](=O)[O-])CC1. The van der Waals surface area contributed by atoms with Gasteiger partial charge in [-0.2, -0.15) is 0 Å². The number of rotatable bonds is 6. The molecule has 2 aliphatic rings. The highest BCUT2D eigenvalue weighted by molar-refractivity contribution is 5.95. The van der Waals surface area contributed by atoms with Gasteiger partial charge in [-0.25, -0.2) is 0 Å². The van der Waals surface area contributed by atoms with Crippen LogP contribution in [-0.4, -0.2) is 72.9 Å². The molecule has 186 valence electrons. The molecule has 9 nitrogen and oxygen atoms in total. The molecule has 2 fully saturated rings. The number of nitro benzene ring substituents is 1. The Balaban J connectivity index is 1.43. The molecule has 2 aromatic carbocycles. The third-order valence-electron chi connectivity index (χ3n) is 6.91. The summed E-state index contributed by atoms with van der Waals surface area (Å²) in [5.74, 6) is -0.259. The molecule has 0 radical (unpaired) electrons. The molecule has 0 aliphatic carbocycles. The second-order valence-electron chi connectivity index (χ2n) is 9.33. The first-order valence-electron chi connectivity index (χ1n) is 12.2. The minimum absolute atomic E-state index is 0.00395. The standard InChI is InChI=1S/C26H33N5O4/c1-20(32)28-14-16-30(17-15-28)24-11-8-22(18-25(24)31(34)35)26(33)27(2)19-21-6-9-23(10-7-21)29-12-4-3-5-13-29/h6-11,18H,3-5,12-17,19H2,1-2H3. The summed E-state index contributed by atoms with van der Waals surface area (Å²) in [6, 6.07) is 13.0. The molecule has 9 heteroatoms. The zero-order chi connectivity index (χ0) is 24.9. The van der Waals surface area contributed by atoms with E-state index in [2.05, 4.69) is 17.0 Å². The van der Waals surface area contributed by atoms with E-state index in [0.717, 1.165) is 18.7 Å². The Morgan fingerprint density at radius 1 is 0.914 bits per heavy atom. The molecular formula is C26H33N5O4. The van der Waals surface area contributed by atoms with Gasteiger partial charge in [0.25, 0.3) is 11.6 Å². The highest BCUT2D eigenvalue weighted by atomic mass is 16.6. The number of nitrogens with zero attached hydrogens (tertiary/aromatic N) is 5. The molecule has 0 atom stereocenters. The van der Waals surface area contributed by atoms with E-state index in [1.807, 2.05) is 17.0 Å². The molecular weight excluding hydrogens is 446 g/mol. The second-order valence-corrected chi connectivity index (χ2v) is 9.33. The fourth-order valence-electron chi connectivity index (χ4n) is 4.86. The van der Waals surface area contributed by atoms with E-state index < -0.39 is 4.92 Å². The number of piperazine rings is 1.